The smallest absolute Gasteiger partial charge is 0.337 e. The van der Waals surface area contributed by atoms with Crippen LogP contribution >= 0.6 is 0 Å². The molecule has 0 atom stereocenters. The normalized spacial score (nSPS) is 16.5. The minimum Gasteiger partial charge on any atom is -0.478 e. The summed E-state index contributed by atoms with van der Waals surface area (Å²) in [6.07, 6.45) is 4.29. The third-order valence-corrected chi connectivity index (χ3v) is 5.79. The molecule has 1 aliphatic carbocycles. The largest absolute Gasteiger partial charge is 0.478 e. The van der Waals surface area contributed by atoms with E-state index in [0.29, 0.717) is 12.5 Å². The van der Waals surface area contributed by atoms with Crippen molar-refractivity contribution in [1.29, 1.82) is 0 Å². The zero-order chi connectivity index (χ0) is 15.6. The average molecular weight is 312 g/mol. The number of carboxylic acids is 1. The monoisotopic (exact) mass is 312 g/mol. The van der Waals surface area contributed by atoms with E-state index in [4.69, 9.17) is 5.73 Å². The summed E-state index contributed by atoms with van der Waals surface area (Å²) < 4.78 is 26.4. The van der Waals surface area contributed by atoms with E-state index in [9.17, 15) is 18.3 Å². The molecular formula is C14H20N2O4S. The SMILES string of the molecule is CN(CC1CCCC1)S(=O)(=O)c1ccc(N)cc1C(=O)O. The summed E-state index contributed by atoms with van der Waals surface area (Å²) >= 11 is 0. The highest BCUT2D eigenvalue weighted by atomic mass is 32.2. The molecule has 0 aliphatic heterocycles. The van der Waals surface area contributed by atoms with Gasteiger partial charge in [0.1, 0.15) is 0 Å². The Morgan fingerprint density at radius 2 is 2.00 bits per heavy atom. The maximum Gasteiger partial charge on any atom is 0.337 e. The second-order valence-corrected chi connectivity index (χ2v) is 7.51. The Labute approximate surface area is 124 Å². The number of nitrogen functional groups attached to an aromatic ring is 1. The fourth-order valence-corrected chi connectivity index (χ4v) is 4.17. The Bertz CT molecular complexity index is 636. The van der Waals surface area contributed by atoms with Crippen molar-refractivity contribution in [2.24, 2.45) is 5.92 Å². The number of hydrogen-bond donors (Lipinski definition) is 2. The topological polar surface area (TPSA) is 101 Å². The van der Waals surface area contributed by atoms with Crippen molar-refractivity contribution in [2.45, 2.75) is 30.6 Å². The fourth-order valence-electron chi connectivity index (χ4n) is 2.76. The van der Waals surface area contributed by atoms with Crippen LogP contribution in [0.4, 0.5) is 5.69 Å². The molecule has 0 bridgehead atoms. The molecule has 6 nitrogen and oxygen atoms in total. The van der Waals surface area contributed by atoms with Gasteiger partial charge in [0.2, 0.25) is 10.0 Å². The lowest BCUT2D eigenvalue weighted by Crippen LogP contribution is -2.32. The number of sulfonamides is 1. The molecule has 1 aromatic rings. The molecule has 0 unspecified atom stereocenters. The number of benzene rings is 1. The maximum atomic E-state index is 12.6. The average Bonchev–Trinajstić information content (AvgIpc) is 2.91. The molecule has 3 N–H and O–H groups in total. The standard InChI is InChI=1S/C14H20N2O4S/c1-16(9-10-4-2-3-5-10)21(19,20)13-7-6-11(15)8-12(13)14(17)18/h6-8,10H,2-5,9,15H2,1H3,(H,17,18). The van der Waals surface area contributed by atoms with Gasteiger partial charge in [-0.3, -0.25) is 0 Å². The van der Waals surface area contributed by atoms with E-state index in [-0.39, 0.29) is 16.1 Å². The van der Waals surface area contributed by atoms with Gasteiger partial charge >= 0.3 is 5.97 Å². The molecule has 2 rings (SSSR count). The van der Waals surface area contributed by atoms with Gasteiger partial charge in [-0.15, -0.1) is 0 Å². The minimum absolute atomic E-state index is 0.204. The lowest BCUT2D eigenvalue weighted by Gasteiger charge is -2.21. The van der Waals surface area contributed by atoms with Gasteiger partial charge in [0, 0.05) is 19.3 Å². The van der Waals surface area contributed by atoms with Crippen molar-refractivity contribution >= 4 is 21.7 Å². The van der Waals surface area contributed by atoms with Gasteiger partial charge in [0.05, 0.1) is 10.5 Å². The molecule has 0 spiro atoms. The summed E-state index contributed by atoms with van der Waals surface area (Å²) in [6, 6.07) is 3.85. The molecule has 1 aliphatic rings. The van der Waals surface area contributed by atoms with E-state index in [1.54, 1.807) is 0 Å². The van der Waals surface area contributed by atoms with E-state index in [1.165, 1.54) is 29.6 Å². The molecule has 0 radical (unpaired) electrons. The van der Waals surface area contributed by atoms with E-state index in [2.05, 4.69) is 0 Å². The van der Waals surface area contributed by atoms with Crippen molar-refractivity contribution < 1.29 is 18.3 Å². The molecule has 1 aromatic carbocycles. The Hall–Kier alpha value is -1.60. The molecule has 1 fully saturated rings. The molecule has 0 saturated heterocycles. The zero-order valence-corrected chi connectivity index (χ0v) is 12.8. The van der Waals surface area contributed by atoms with Crippen LogP contribution in [-0.4, -0.2) is 37.4 Å². The second-order valence-electron chi connectivity index (χ2n) is 5.50. The molecule has 0 heterocycles. The van der Waals surface area contributed by atoms with Crippen molar-refractivity contribution in [3.8, 4) is 0 Å². The van der Waals surface area contributed by atoms with Crippen molar-refractivity contribution in [2.75, 3.05) is 19.3 Å². The van der Waals surface area contributed by atoms with E-state index >= 15 is 0 Å². The summed E-state index contributed by atoms with van der Waals surface area (Å²) in [7, 11) is -2.33. The van der Waals surface area contributed by atoms with Gasteiger partial charge in [-0.2, -0.15) is 0 Å². The van der Waals surface area contributed by atoms with Gasteiger partial charge in [0.15, 0.2) is 0 Å². The van der Waals surface area contributed by atoms with Crippen LogP contribution in [0.5, 0.6) is 0 Å². The van der Waals surface area contributed by atoms with Gasteiger partial charge in [-0.05, 0) is 37.0 Å². The third-order valence-electron chi connectivity index (χ3n) is 3.91. The Morgan fingerprint density at radius 1 is 1.38 bits per heavy atom. The molecule has 7 heteroatoms. The van der Waals surface area contributed by atoms with Gasteiger partial charge in [-0.25, -0.2) is 17.5 Å². The predicted octanol–water partition coefficient (Wildman–Crippen LogP) is 1.78. The van der Waals surface area contributed by atoms with E-state index < -0.39 is 16.0 Å². The molecule has 0 aromatic heterocycles. The number of anilines is 1. The Morgan fingerprint density at radius 3 is 2.57 bits per heavy atom. The van der Waals surface area contributed by atoms with Crippen molar-refractivity contribution in [3.05, 3.63) is 23.8 Å². The number of carboxylic acid groups (broad SMARTS) is 1. The molecule has 21 heavy (non-hydrogen) atoms. The van der Waals surface area contributed by atoms with Gasteiger partial charge < -0.3 is 10.8 Å². The van der Waals surface area contributed by atoms with E-state index in [0.717, 1.165) is 25.7 Å². The number of rotatable bonds is 5. The minimum atomic E-state index is -3.82. The van der Waals surface area contributed by atoms with Gasteiger partial charge in [-0.1, -0.05) is 12.8 Å². The summed E-state index contributed by atoms with van der Waals surface area (Å²) in [5.74, 6) is -0.943. The molecule has 1 saturated carbocycles. The first-order valence-electron chi connectivity index (χ1n) is 6.91. The van der Waals surface area contributed by atoms with Crippen molar-refractivity contribution in [1.82, 2.24) is 4.31 Å². The number of aromatic carboxylic acids is 1. The van der Waals surface area contributed by atoms with Crippen LogP contribution in [0.1, 0.15) is 36.0 Å². The van der Waals surface area contributed by atoms with Crippen LogP contribution in [0.15, 0.2) is 23.1 Å². The predicted molar refractivity (Wildman–Crippen MR) is 79.6 cm³/mol. The summed E-state index contributed by atoms with van der Waals surface area (Å²) in [6.45, 7) is 0.422. The van der Waals surface area contributed by atoms with Crippen LogP contribution in [0.3, 0.4) is 0 Å². The molecule has 116 valence electrons. The van der Waals surface area contributed by atoms with Crippen LogP contribution < -0.4 is 5.73 Å². The molecule has 0 amide bonds. The number of carbonyl (C=O) groups is 1. The highest BCUT2D eigenvalue weighted by Crippen LogP contribution is 2.28. The first-order valence-corrected chi connectivity index (χ1v) is 8.35. The van der Waals surface area contributed by atoms with Crippen LogP contribution in [0.25, 0.3) is 0 Å². The zero-order valence-electron chi connectivity index (χ0n) is 11.9. The summed E-state index contributed by atoms with van der Waals surface area (Å²) in [5.41, 5.74) is 5.49. The van der Waals surface area contributed by atoms with Gasteiger partial charge in [0.25, 0.3) is 0 Å². The Balaban J connectivity index is 2.32. The van der Waals surface area contributed by atoms with Crippen molar-refractivity contribution in [3.63, 3.8) is 0 Å². The highest BCUT2D eigenvalue weighted by Gasteiger charge is 2.29. The lowest BCUT2D eigenvalue weighted by atomic mass is 10.1. The Kier molecular flexibility index (Phi) is 4.53. The first kappa shape index (κ1) is 15.8. The second kappa shape index (κ2) is 6.03. The van der Waals surface area contributed by atoms with Crippen LogP contribution in [-0.2, 0) is 10.0 Å². The number of hydrogen-bond acceptors (Lipinski definition) is 4. The summed E-state index contributed by atoms with van der Waals surface area (Å²) in [5, 5.41) is 9.18. The van der Waals surface area contributed by atoms with Crippen LogP contribution in [0, 0.1) is 5.92 Å². The summed E-state index contributed by atoms with van der Waals surface area (Å²) in [4.78, 5) is 11.0. The maximum absolute atomic E-state index is 12.6. The quantitative estimate of drug-likeness (QED) is 0.807. The first-order chi connectivity index (χ1) is 9.82. The third kappa shape index (κ3) is 3.36. The number of nitrogens with zero attached hydrogens (tertiary/aromatic N) is 1. The highest BCUT2D eigenvalue weighted by molar-refractivity contribution is 7.89. The number of nitrogens with two attached hydrogens (primary N) is 1. The fraction of sp³-hybridized carbons (Fsp3) is 0.500. The lowest BCUT2D eigenvalue weighted by molar-refractivity contribution is 0.0692. The van der Waals surface area contributed by atoms with Crippen LogP contribution in [0.2, 0.25) is 0 Å². The molecular weight excluding hydrogens is 292 g/mol. The van der Waals surface area contributed by atoms with E-state index in [1.807, 2.05) is 0 Å².